The summed E-state index contributed by atoms with van der Waals surface area (Å²) in [7, 11) is 0. The normalized spacial score (nSPS) is 16.0. The van der Waals surface area contributed by atoms with Gasteiger partial charge in [0.2, 0.25) is 0 Å². The van der Waals surface area contributed by atoms with Gasteiger partial charge in [0.1, 0.15) is 0 Å². The van der Waals surface area contributed by atoms with E-state index in [-0.39, 0.29) is 0 Å². The van der Waals surface area contributed by atoms with Crippen molar-refractivity contribution in [2.75, 3.05) is 6.54 Å². The Labute approximate surface area is 160 Å². The van der Waals surface area contributed by atoms with Crippen LogP contribution in [0.25, 0.3) is 16.5 Å². The molecule has 1 aromatic carbocycles. The Hall–Kier alpha value is -2.04. The smallest absolute Gasteiger partial charge is 0.0694 e. The van der Waals surface area contributed by atoms with Crippen molar-refractivity contribution < 1.29 is 0 Å². The van der Waals surface area contributed by atoms with Crippen LogP contribution in [0.5, 0.6) is 0 Å². The molecule has 0 amide bonds. The first-order valence-corrected chi connectivity index (χ1v) is 9.92. The number of thiophene rings is 1. The Morgan fingerprint density at radius 3 is 2.68 bits per heavy atom. The lowest BCUT2D eigenvalue weighted by molar-refractivity contribution is 0.818. The third kappa shape index (κ3) is 3.80. The first kappa shape index (κ1) is 16.4. The van der Waals surface area contributed by atoms with Crippen LogP contribution in [0.4, 0.5) is 0 Å². The van der Waals surface area contributed by atoms with Crippen molar-refractivity contribution in [2.24, 2.45) is 4.99 Å². The number of hydrogen-bond acceptors (Lipinski definition) is 3. The summed E-state index contributed by atoms with van der Waals surface area (Å²) in [5.41, 5.74) is 4.77. The number of aromatic nitrogens is 1. The zero-order valence-electron chi connectivity index (χ0n) is 13.7. The molecule has 0 bridgehead atoms. The standard InChI is InChI=1S/C21H17BrN2S/c22-18-7-5-15(6-8-18)20-10-9-19(25-20)13-16-3-2-12-24-21(16)17-4-1-11-23-14-17/h1,4-11,13-14H,2-3,12H2. The molecular formula is C21H17BrN2S. The topological polar surface area (TPSA) is 25.2 Å². The second-order valence-corrected chi connectivity index (χ2v) is 7.99. The van der Waals surface area contributed by atoms with E-state index in [4.69, 9.17) is 4.99 Å². The zero-order chi connectivity index (χ0) is 17.1. The van der Waals surface area contributed by atoms with E-state index in [1.54, 1.807) is 6.20 Å². The molecule has 0 unspecified atom stereocenters. The van der Waals surface area contributed by atoms with Gasteiger partial charge in [-0.2, -0.15) is 0 Å². The van der Waals surface area contributed by atoms with E-state index in [0.29, 0.717) is 0 Å². The Kier molecular flexibility index (Phi) is 4.90. The molecule has 0 aliphatic carbocycles. The molecule has 4 rings (SSSR count). The summed E-state index contributed by atoms with van der Waals surface area (Å²) in [4.78, 5) is 11.6. The van der Waals surface area contributed by atoms with Crippen molar-refractivity contribution in [3.63, 3.8) is 0 Å². The molecule has 0 saturated heterocycles. The molecule has 0 radical (unpaired) electrons. The maximum Gasteiger partial charge on any atom is 0.0694 e. The van der Waals surface area contributed by atoms with Gasteiger partial charge in [0.25, 0.3) is 0 Å². The lowest BCUT2D eigenvalue weighted by Gasteiger charge is -2.15. The Bertz CT molecular complexity index is 924. The van der Waals surface area contributed by atoms with Gasteiger partial charge in [-0.05, 0) is 66.5 Å². The molecule has 0 fully saturated rings. The van der Waals surface area contributed by atoms with Gasteiger partial charge < -0.3 is 0 Å². The Morgan fingerprint density at radius 1 is 1.00 bits per heavy atom. The highest BCUT2D eigenvalue weighted by Gasteiger charge is 2.14. The van der Waals surface area contributed by atoms with Crippen molar-refractivity contribution >= 4 is 39.1 Å². The van der Waals surface area contributed by atoms with E-state index in [1.165, 1.54) is 20.9 Å². The molecule has 1 aliphatic rings. The highest BCUT2D eigenvalue weighted by Crippen LogP contribution is 2.31. The fourth-order valence-corrected chi connectivity index (χ4v) is 4.22. The van der Waals surface area contributed by atoms with Gasteiger partial charge in [0.15, 0.2) is 0 Å². The number of aliphatic imine (C=N–C) groups is 1. The molecule has 4 heteroatoms. The number of rotatable bonds is 3. The summed E-state index contributed by atoms with van der Waals surface area (Å²) >= 11 is 5.31. The molecule has 3 aromatic rings. The predicted octanol–water partition coefficient (Wildman–Crippen LogP) is 6.24. The summed E-state index contributed by atoms with van der Waals surface area (Å²) in [5.74, 6) is 0. The minimum absolute atomic E-state index is 0.899. The van der Waals surface area contributed by atoms with E-state index < -0.39 is 0 Å². The second-order valence-electron chi connectivity index (χ2n) is 5.95. The molecule has 0 N–H and O–H groups in total. The van der Waals surface area contributed by atoms with Crippen LogP contribution in [-0.4, -0.2) is 17.2 Å². The minimum Gasteiger partial charge on any atom is -0.284 e. The largest absolute Gasteiger partial charge is 0.284 e. The number of halogens is 1. The number of hydrogen-bond donors (Lipinski definition) is 0. The Balaban J connectivity index is 1.65. The number of allylic oxidation sites excluding steroid dienone is 1. The third-order valence-corrected chi connectivity index (χ3v) is 5.80. The molecule has 0 spiro atoms. The van der Waals surface area contributed by atoms with E-state index in [0.717, 1.165) is 35.1 Å². The summed E-state index contributed by atoms with van der Waals surface area (Å²) < 4.78 is 1.11. The van der Waals surface area contributed by atoms with Gasteiger partial charge in [-0.3, -0.25) is 9.98 Å². The molecule has 124 valence electrons. The summed E-state index contributed by atoms with van der Waals surface area (Å²) in [6, 6.07) is 16.9. The maximum atomic E-state index is 4.76. The third-order valence-electron chi connectivity index (χ3n) is 4.19. The van der Waals surface area contributed by atoms with Crippen LogP contribution in [-0.2, 0) is 0 Å². The van der Waals surface area contributed by atoms with E-state index in [2.05, 4.69) is 69.5 Å². The predicted molar refractivity (Wildman–Crippen MR) is 110 cm³/mol. The minimum atomic E-state index is 0.899. The molecule has 3 heterocycles. The van der Waals surface area contributed by atoms with Crippen LogP contribution < -0.4 is 0 Å². The molecule has 25 heavy (non-hydrogen) atoms. The first-order chi connectivity index (χ1) is 12.3. The fraction of sp³-hybridized carbons (Fsp3) is 0.143. The average Bonchev–Trinajstić information content (AvgIpc) is 3.12. The Morgan fingerprint density at radius 2 is 1.88 bits per heavy atom. The molecule has 0 atom stereocenters. The van der Waals surface area contributed by atoms with Crippen LogP contribution in [0.3, 0.4) is 0 Å². The summed E-state index contributed by atoms with van der Waals surface area (Å²) in [5, 5.41) is 0. The van der Waals surface area contributed by atoms with Crippen LogP contribution in [0, 0.1) is 0 Å². The lowest BCUT2D eigenvalue weighted by Crippen LogP contribution is -2.11. The van der Waals surface area contributed by atoms with E-state index >= 15 is 0 Å². The highest BCUT2D eigenvalue weighted by molar-refractivity contribution is 9.10. The SMILES string of the molecule is Brc1ccc(-c2ccc(C=C3CCCN=C3c3cccnc3)s2)cc1. The molecular weight excluding hydrogens is 392 g/mol. The van der Waals surface area contributed by atoms with Gasteiger partial charge >= 0.3 is 0 Å². The van der Waals surface area contributed by atoms with Crippen molar-refractivity contribution in [1.29, 1.82) is 0 Å². The van der Waals surface area contributed by atoms with Crippen molar-refractivity contribution in [3.8, 4) is 10.4 Å². The second kappa shape index (κ2) is 7.46. The zero-order valence-corrected chi connectivity index (χ0v) is 16.1. The van der Waals surface area contributed by atoms with Crippen LogP contribution in [0.2, 0.25) is 0 Å². The monoisotopic (exact) mass is 408 g/mol. The van der Waals surface area contributed by atoms with Gasteiger partial charge in [-0.1, -0.05) is 28.1 Å². The van der Waals surface area contributed by atoms with E-state index in [9.17, 15) is 0 Å². The lowest BCUT2D eigenvalue weighted by atomic mass is 9.96. The molecule has 1 aliphatic heterocycles. The summed E-state index contributed by atoms with van der Waals surface area (Å²) in [6.45, 7) is 0.899. The van der Waals surface area contributed by atoms with Crippen molar-refractivity contribution in [3.05, 3.63) is 81.4 Å². The fourth-order valence-electron chi connectivity index (χ4n) is 2.97. The van der Waals surface area contributed by atoms with Crippen LogP contribution in [0.1, 0.15) is 23.3 Å². The molecule has 0 saturated carbocycles. The number of pyridine rings is 1. The van der Waals surface area contributed by atoms with E-state index in [1.807, 2.05) is 23.6 Å². The van der Waals surface area contributed by atoms with Crippen LogP contribution in [0.15, 0.2) is 76.0 Å². The summed E-state index contributed by atoms with van der Waals surface area (Å²) in [6.07, 6.45) is 8.18. The van der Waals surface area contributed by atoms with Crippen molar-refractivity contribution in [2.45, 2.75) is 12.8 Å². The first-order valence-electron chi connectivity index (χ1n) is 8.31. The quantitative estimate of drug-likeness (QED) is 0.503. The van der Waals surface area contributed by atoms with Gasteiger partial charge in [-0.15, -0.1) is 11.3 Å². The number of nitrogens with zero attached hydrogens (tertiary/aromatic N) is 2. The molecule has 2 aromatic heterocycles. The van der Waals surface area contributed by atoms with Gasteiger partial charge in [0.05, 0.1) is 5.71 Å². The molecule has 2 nitrogen and oxygen atoms in total. The van der Waals surface area contributed by atoms with Gasteiger partial charge in [0, 0.05) is 38.7 Å². The maximum absolute atomic E-state index is 4.76. The average molecular weight is 409 g/mol. The van der Waals surface area contributed by atoms with Gasteiger partial charge in [-0.25, -0.2) is 0 Å². The van der Waals surface area contributed by atoms with Crippen molar-refractivity contribution in [1.82, 2.24) is 4.98 Å². The van der Waals surface area contributed by atoms with Crippen LogP contribution >= 0.6 is 27.3 Å². The highest BCUT2D eigenvalue weighted by atomic mass is 79.9. The number of benzene rings is 1.